The molecule has 0 fully saturated rings. The number of ether oxygens (including phenoxy) is 2. The summed E-state index contributed by atoms with van der Waals surface area (Å²) in [5, 5.41) is 2.71. The molecule has 0 aliphatic carbocycles. The van der Waals surface area contributed by atoms with E-state index in [4.69, 9.17) is 9.47 Å². The van der Waals surface area contributed by atoms with Crippen molar-refractivity contribution in [2.45, 2.75) is 38.8 Å². The number of hydrogen-bond donors (Lipinski definition) is 1. The van der Waals surface area contributed by atoms with Gasteiger partial charge in [-0.15, -0.1) is 0 Å². The van der Waals surface area contributed by atoms with Crippen LogP contribution in [0.4, 0.5) is 4.79 Å². The Morgan fingerprint density at radius 3 is 1.77 bits per heavy atom. The Hall–Kier alpha value is -3.93. The molecule has 0 saturated heterocycles. The summed E-state index contributed by atoms with van der Waals surface area (Å²) in [7, 11) is 0. The van der Waals surface area contributed by atoms with E-state index in [0.717, 1.165) is 16.7 Å². The molecule has 0 saturated carbocycles. The second-order valence-electron chi connectivity index (χ2n) is 8.26. The predicted octanol–water partition coefficient (Wildman–Crippen LogP) is 4.91. The topological polar surface area (TPSA) is 81.7 Å². The van der Waals surface area contributed by atoms with Gasteiger partial charge in [-0.05, 0) is 36.5 Å². The second kappa shape index (κ2) is 13.7. The van der Waals surface area contributed by atoms with E-state index < -0.39 is 24.0 Å². The lowest BCUT2D eigenvalue weighted by Gasteiger charge is -2.21. The second-order valence-corrected chi connectivity index (χ2v) is 8.26. The number of ketones is 1. The predicted molar refractivity (Wildman–Crippen MR) is 134 cm³/mol. The third kappa shape index (κ3) is 8.74. The summed E-state index contributed by atoms with van der Waals surface area (Å²) < 4.78 is 10.6. The minimum absolute atomic E-state index is 0.0514. The molecular formula is C29H31NO5. The minimum Gasteiger partial charge on any atom is -0.466 e. The number of amides is 1. The van der Waals surface area contributed by atoms with Crippen LogP contribution in [0.25, 0.3) is 0 Å². The number of rotatable bonds is 12. The number of esters is 1. The Morgan fingerprint density at radius 1 is 0.714 bits per heavy atom. The SMILES string of the molecule is CCOC(=O)C(CC(=O)[C@H](Cc1ccccc1)NC(=O)OCc1ccccc1)Cc1ccccc1. The van der Waals surface area contributed by atoms with Crippen LogP contribution in [-0.2, 0) is 38.5 Å². The van der Waals surface area contributed by atoms with E-state index in [2.05, 4.69) is 5.32 Å². The summed E-state index contributed by atoms with van der Waals surface area (Å²) in [6, 6.07) is 27.4. The molecule has 6 heteroatoms. The smallest absolute Gasteiger partial charge is 0.408 e. The van der Waals surface area contributed by atoms with Crippen molar-refractivity contribution < 1.29 is 23.9 Å². The lowest BCUT2D eigenvalue weighted by atomic mass is 9.90. The first-order chi connectivity index (χ1) is 17.0. The van der Waals surface area contributed by atoms with E-state index >= 15 is 0 Å². The molecule has 1 N–H and O–H groups in total. The Balaban J connectivity index is 1.71. The van der Waals surface area contributed by atoms with Gasteiger partial charge in [-0.2, -0.15) is 0 Å². The normalized spacial score (nSPS) is 12.3. The molecule has 182 valence electrons. The molecule has 3 rings (SSSR count). The highest BCUT2D eigenvalue weighted by Gasteiger charge is 2.29. The van der Waals surface area contributed by atoms with Crippen LogP contribution in [0.1, 0.15) is 30.0 Å². The van der Waals surface area contributed by atoms with Gasteiger partial charge in [-0.3, -0.25) is 9.59 Å². The molecule has 0 aliphatic rings. The first kappa shape index (κ1) is 25.7. The number of Topliss-reactive ketones (excluding diaryl/α,β-unsaturated/α-hetero) is 1. The van der Waals surface area contributed by atoms with Crippen molar-refractivity contribution >= 4 is 17.8 Å². The van der Waals surface area contributed by atoms with Crippen LogP contribution in [0.5, 0.6) is 0 Å². The van der Waals surface area contributed by atoms with Crippen LogP contribution in [0.2, 0.25) is 0 Å². The fourth-order valence-electron chi connectivity index (χ4n) is 3.78. The number of carbonyl (C=O) groups is 3. The average Bonchev–Trinajstić information content (AvgIpc) is 2.88. The van der Waals surface area contributed by atoms with Gasteiger partial charge in [0.2, 0.25) is 0 Å². The van der Waals surface area contributed by atoms with Crippen LogP contribution < -0.4 is 5.32 Å². The van der Waals surface area contributed by atoms with Crippen molar-refractivity contribution in [2.24, 2.45) is 5.92 Å². The lowest BCUT2D eigenvalue weighted by Crippen LogP contribution is -2.44. The van der Waals surface area contributed by atoms with Gasteiger partial charge in [0, 0.05) is 6.42 Å². The standard InChI is InChI=1S/C29H31NO5/c1-2-34-28(32)25(18-22-12-6-3-7-13-22)20-27(31)26(19-23-14-8-4-9-15-23)30-29(33)35-21-24-16-10-5-11-17-24/h3-17,25-26H,2,18-21H2,1H3,(H,30,33)/t25?,26-/m0/s1. The zero-order valence-corrected chi connectivity index (χ0v) is 19.9. The zero-order valence-electron chi connectivity index (χ0n) is 19.9. The van der Waals surface area contributed by atoms with Gasteiger partial charge >= 0.3 is 12.1 Å². The summed E-state index contributed by atoms with van der Waals surface area (Å²) in [5.74, 6) is -1.32. The molecule has 0 aromatic heterocycles. The maximum absolute atomic E-state index is 13.4. The number of alkyl carbamates (subject to hydrolysis) is 1. The van der Waals surface area contributed by atoms with E-state index in [1.165, 1.54) is 0 Å². The van der Waals surface area contributed by atoms with Crippen LogP contribution in [0, 0.1) is 5.92 Å². The van der Waals surface area contributed by atoms with E-state index in [1.54, 1.807) is 6.92 Å². The summed E-state index contributed by atoms with van der Waals surface area (Å²) >= 11 is 0. The first-order valence-electron chi connectivity index (χ1n) is 11.8. The summed E-state index contributed by atoms with van der Waals surface area (Å²) in [6.07, 6.45) is -0.0634. The zero-order chi connectivity index (χ0) is 24.9. The molecule has 6 nitrogen and oxygen atoms in total. The molecule has 0 spiro atoms. The van der Waals surface area contributed by atoms with E-state index in [-0.39, 0.29) is 25.4 Å². The third-order valence-corrected chi connectivity index (χ3v) is 5.57. The molecule has 0 bridgehead atoms. The molecule has 35 heavy (non-hydrogen) atoms. The fourth-order valence-corrected chi connectivity index (χ4v) is 3.78. The van der Waals surface area contributed by atoms with Crippen LogP contribution >= 0.6 is 0 Å². The van der Waals surface area contributed by atoms with Gasteiger partial charge in [0.25, 0.3) is 0 Å². The first-order valence-corrected chi connectivity index (χ1v) is 11.8. The minimum atomic E-state index is -0.839. The summed E-state index contributed by atoms with van der Waals surface area (Å²) in [4.78, 5) is 38.6. The molecule has 3 aromatic rings. The Morgan fingerprint density at radius 2 is 1.23 bits per heavy atom. The van der Waals surface area contributed by atoms with Gasteiger partial charge in [0.05, 0.1) is 18.6 Å². The average molecular weight is 474 g/mol. The van der Waals surface area contributed by atoms with E-state index in [1.807, 2.05) is 91.0 Å². The highest BCUT2D eigenvalue weighted by atomic mass is 16.5. The third-order valence-electron chi connectivity index (χ3n) is 5.57. The molecular weight excluding hydrogens is 442 g/mol. The number of hydrogen-bond acceptors (Lipinski definition) is 5. The van der Waals surface area contributed by atoms with Gasteiger partial charge in [-0.1, -0.05) is 91.0 Å². The Bertz CT molecular complexity index is 1070. The van der Waals surface area contributed by atoms with Crippen molar-refractivity contribution in [2.75, 3.05) is 6.61 Å². The lowest BCUT2D eigenvalue weighted by molar-refractivity contribution is -0.149. The monoisotopic (exact) mass is 473 g/mol. The van der Waals surface area contributed by atoms with Crippen molar-refractivity contribution in [3.63, 3.8) is 0 Å². The fraction of sp³-hybridized carbons (Fsp3) is 0.276. The van der Waals surface area contributed by atoms with E-state index in [9.17, 15) is 14.4 Å². The highest BCUT2D eigenvalue weighted by Crippen LogP contribution is 2.17. The maximum Gasteiger partial charge on any atom is 0.408 e. The molecule has 0 radical (unpaired) electrons. The van der Waals surface area contributed by atoms with Crippen molar-refractivity contribution in [1.82, 2.24) is 5.32 Å². The molecule has 0 heterocycles. The van der Waals surface area contributed by atoms with Crippen LogP contribution in [-0.4, -0.2) is 30.5 Å². The summed E-state index contributed by atoms with van der Waals surface area (Å²) in [5.41, 5.74) is 2.68. The number of carbonyl (C=O) groups excluding carboxylic acids is 3. The van der Waals surface area contributed by atoms with E-state index in [0.29, 0.717) is 12.8 Å². The molecule has 0 aliphatic heterocycles. The largest absolute Gasteiger partial charge is 0.466 e. The molecule has 1 unspecified atom stereocenters. The highest BCUT2D eigenvalue weighted by molar-refractivity contribution is 5.90. The van der Waals surface area contributed by atoms with Gasteiger partial charge in [0.1, 0.15) is 6.61 Å². The Kier molecular flexibility index (Phi) is 10.1. The maximum atomic E-state index is 13.4. The number of nitrogens with one attached hydrogen (secondary N) is 1. The van der Waals surface area contributed by atoms with Crippen molar-refractivity contribution in [3.8, 4) is 0 Å². The van der Waals surface area contributed by atoms with Gasteiger partial charge in [0.15, 0.2) is 5.78 Å². The molecule has 3 aromatic carbocycles. The van der Waals surface area contributed by atoms with Crippen LogP contribution in [0.3, 0.4) is 0 Å². The van der Waals surface area contributed by atoms with Crippen molar-refractivity contribution in [1.29, 1.82) is 0 Å². The van der Waals surface area contributed by atoms with Gasteiger partial charge in [-0.25, -0.2) is 4.79 Å². The summed E-state index contributed by atoms with van der Waals surface area (Å²) in [6.45, 7) is 2.07. The molecule has 1 amide bonds. The Labute approximate surface area is 206 Å². The number of benzene rings is 3. The van der Waals surface area contributed by atoms with Crippen LogP contribution in [0.15, 0.2) is 91.0 Å². The van der Waals surface area contributed by atoms with Gasteiger partial charge < -0.3 is 14.8 Å². The van der Waals surface area contributed by atoms with Crippen molar-refractivity contribution in [3.05, 3.63) is 108 Å². The molecule has 2 atom stereocenters. The quantitative estimate of drug-likeness (QED) is 0.378.